The van der Waals surface area contributed by atoms with Crippen molar-refractivity contribution in [2.24, 2.45) is 17.3 Å². The summed E-state index contributed by atoms with van der Waals surface area (Å²) in [6, 6.07) is 8.37. The molecule has 126 valence electrons. The van der Waals surface area contributed by atoms with Gasteiger partial charge < -0.3 is 5.41 Å². The van der Waals surface area contributed by atoms with E-state index in [9.17, 15) is 15.8 Å². The average Bonchev–Trinajstić information content (AvgIpc) is 3.16. The predicted molar refractivity (Wildman–Crippen MR) is 95.9 cm³/mol. The third kappa shape index (κ3) is 2.57. The molecule has 3 atom stereocenters. The molecule has 1 aliphatic heterocycles. The van der Waals surface area contributed by atoms with Crippen LogP contribution in [0.3, 0.4) is 0 Å². The van der Waals surface area contributed by atoms with Gasteiger partial charge in [-0.05, 0) is 40.9 Å². The van der Waals surface area contributed by atoms with Crippen LogP contribution in [-0.4, -0.2) is 30.2 Å². The van der Waals surface area contributed by atoms with Gasteiger partial charge in [0.15, 0.2) is 0 Å². The van der Waals surface area contributed by atoms with Gasteiger partial charge in [0.1, 0.15) is 0 Å². The standard InChI is InChI=1S/C19H19N5S/c1-2-5-24-6-3-16-15(9-24)17(13-4-7-25-10-13)14(8-20)18(23)19(16,11-21)12-22/h3-4,7,10,14-15,17,23H,2,5-6,9H2,1H3/t14-,15-,17-/m1/s1. The van der Waals surface area contributed by atoms with Crippen LogP contribution in [-0.2, 0) is 0 Å². The van der Waals surface area contributed by atoms with Crippen molar-refractivity contribution < 1.29 is 0 Å². The summed E-state index contributed by atoms with van der Waals surface area (Å²) in [6.07, 6.45) is 2.98. The van der Waals surface area contributed by atoms with E-state index in [0.717, 1.165) is 30.6 Å². The van der Waals surface area contributed by atoms with E-state index in [1.54, 1.807) is 11.3 Å². The number of rotatable bonds is 3. The van der Waals surface area contributed by atoms with Crippen LogP contribution in [0.1, 0.15) is 24.8 Å². The zero-order valence-corrected chi connectivity index (χ0v) is 14.9. The number of hydrogen-bond donors (Lipinski definition) is 1. The maximum atomic E-state index is 9.78. The molecule has 1 aliphatic carbocycles. The Bertz CT molecular complexity index is 803. The molecule has 0 radical (unpaired) electrons. The number of hydrogen-bond acceptors (Lipinski definition) is 6. The molecule has 0 unspecified atom stereocenters. The molecule has 0 amide bonds. The third-order valence-corrected chi connectivity index (χ3v) is 6.01. The maximum Gasteiger partial charge on any atom is 0.203 e. The molecular formula is C19H19N5S. The van der Waals surface area contributed by atoms with Crippen LogP contribution in [0.15, 0.2) is 28.5 Å². The van der Waals surface area contributed by atoms with Gasteiger partial charge in [-0.25, -0.2) is 0 Å². The van der Waals surface area contributed by atoms with Gasteiger partial charge in [-0.1, -0.05) is 13.0 Å². The van der Waals surface area contributed by atoms with Gasteiger partial charge in [0.2, 0.25) is 5.41 Å². The molecule has 0 bridgehead atoms. The monoisotopic (exact) mass is 349 g/mol. The Kier molecular flexibility index (Phi) is 4.73. The van der Waals surface area contributed by atoms with Gasteiger partial charge in [0, 0.05) is 24.9 Å². The zero-order chi connectivity index (χ0) is 18.0. The Morgan fingerprint density at radius 2 is 2.12 bits per heavy atom. The van der Waals surface area contributed by atoms with Gasteiger partial charge in [-0.3, -0.25) is 4.90 Å². The fourth-order valence-corrected chi connectivity index (χ4v) is 4.88. The Labute approximate surface area is 151 Å². The van der Waals surface area contributed by atoms with Crippen LogP contribution in [0.25, 0.3) is 0 Å². The Morgan fingerprint density at radius 3 is 2.68 bits per heavy atom. The van der Waals surface area contributed by atoms with Crippen LogP contribution in [0.5, 0.6) is 0 Å². The summed E-state index contributed by atoms with van der Waals surface area (Å²) in [7, 11) is 0. The molecule has 25 heavy (non-hydrogen) atoms. The molecule has 6 heteroatoms. The fourth-order valence-electron chi connectivity index (χ4n) is 4.18. The number of nitrogens with zero attached hydrogens (tertiary/aromatic N) is 4. The van der Waals surface area contributed by atoms with Gasteiger partial charge in [0.25, 0.3) is 0 Å². The molecule has 1 N–H and O–H groups in total. The molecule has 0 saturated heterocycles. The molecule has 3 rings (SSSR count). The molecule has 2 heterocycles. The second kappa shape index (κ2) is 6.81. The van der Waals surface area contributed by atoms with Gasteiger partial charge in [-0.2, -0.15) is 27.1 Å². The van der Waals surface area contributed by atoms with E-state index >= 15 is 0 Å². The highest BCUT2D eigenvalue weighted by atomic mass is 32.1. The molecule has 2 aliphatic rings. The quantitative estimate of drug-likeness (QED) is 0.846. The summed E-state index contributed by atoms with van der Waals surface area (Å²) in [6.45, 7) is 4.47. The van der Waals surface area contributed by atoms with Crippen molar-refractivity contribution in [3.8, 4) is 18.2 Å². The summed E-state index contributed by atoms with van der Waals surface area (Å²) >= 11 is 1.57. The second-order valence-corrected chi connectivity index (χ2v) is 7.38. The van der Waals surface area contributed by atoms with Crippen molar-refractivity contribution in [3.05, 3.63) is 34.0 Å². The summed E-state index contributed by atoms with van der Waals surface area (Å²) in [5.41, 5.74) is 0.0795. The van der Waals surface area contributed by atoms with Crippen molar-refractivity contribution in [1.29, 1.82) is 21.2 Å². The highest BCUT2D eigenvalue weighted by Crippen LogP contribution is 2.52. The lowest BCUT2D eigenvalue weighted by molar-refractivity contribution is 0.210. The summed E-state index contributed by atoms with van der Waals surface area (Å²) in [5.74, 6) is -1.02. The van der Waals surface area contributed by atoms with Crippen LogP contribution < -0.4 is 0 Å². The first kappa shape index (κ1) is 17.4. The average molecular weight is 349 g/mol. The van der Waals surface area contributed by atoms with Crippen molar-refractivity contribution in [2.45, 2.75) is 19.3 Å². The summed E-state index contributed by atoms with van der Waals surface area (Å²) in [4.78, 5) is 2.30. The van der Waals surface area contributed by atoms with Gasteiger partial charge in [0.05, 0.1) is 29.8 Å². The highest BCUT2D eigenvalue weighted by molar-refractivity contribution is 7.08. The predicted octanol–water partition coefficient (Wildman–Crippen LogP) is 3.31. The molecule has 5 nitrogen and oxygen atoms in total. The van der Waals surface area contributed by atoms with E-state index in [1.807, 2.05) is 22.9 Å². The first-order chi connectivity index (χ1) is 12.1. The Morgan fingerprint density at radius 1 is 1.36 bits per heavy atom. The lowest BCUT2D eigenvalue weighted by Crippen LogP contribution is -2.52. The van der Waals surface area contributed by atoms with Crippen molar-refractivity contribution in [3.63, 3.8) is 0 Å². The van der Waals surface area contributed by atoms with E-state index in [-0.39, 0.29) is 17.5 Å². The number of nitrogens with one attached hydrogen (secondary N) is 1. The lowest BCUT2D eigenvalue weighted by atomic mass is 9.55. The van der Waals surface area contributed by atoms with E-state index in [2.05, 4.69) is 30.0 Å². The van der Waals surface area contributed by atoms with Crippen molar-refractivity contribution >= 4 is 17.0 Å². The smallest absolute Gasteiger partial charge is 0.203 e. The van der Waals surface area contributed by atoms with E-state index < -0.39 is 11.3 Å². The topological polar surface area (TPSA) is 98.5 Å². The van der Waals surface area contributed by atoms with Crippen molar-refractivity contribution in [1.82, 2.24) is 4.90 Å². The minimum Gasteiger partial charge on any atom is -0.305 e. The van der Waals surface area contributed by atoms with Crippen LogP contribution in [0.2, 0.25) is 0 Å². The van der Waals surface area contributed by atoms with Crippen molar-refractivity contribution in [2.75, 3.05) is 19.6 Å². The summed E-state index contributed by atoms with van der Waals surface area (Å²) in [5, 5.41) is 41.8. The molecule has 1 aromatic heterocycles. The lowest BCUT2D eigenvalue weighted by Gasteiger charge is -2.47. The Balaban J connectivity index is 2.16. The van der Waals surface area contributed by atoms with E-state index in [4.69, 9.17) is 5.41 Å². The zero-order valence-electron chi connectivity index (χ0n) is 14.1. The number of thiophene rings is 1. The maximum absolute atomic E-state index is 9.78. The minimum absolute atomic E-state index is 0.0670. The minimum atomic E-state index is -1.60. The van der Waals surface area contributed by atoms with E-state index in [1.165, 1.54) is 0 Å². The molecule has 1 fully saturated rings. The molecule has 1 aromatic rings. The third-order valence-electron chi connectivity index (χ3n) is 5.31. The molecular weight excluding hydrogens is 330 g/mol. The highest BCUT2D eigenvalue weighted by Gasteiger charge is 2.56. The van der Waals surface area contributed by atoms with Crippen LogP contribution in [0.4, 0.5) is 0 Å². The van der Waals surface area contributed by atoms with Crippen LogP contribution >= 0.6 is 11.3 Å². The van der Waals surface area contributed by atoms with E-state index in [0.29, 0.717) is 6.54 Å². The SMILES string of the molecule is CCCN1CC=C2[C@@H](C1)[C@H](c1ccsc1)[C@@H](C#N)C(=N)C2(C#N)C#N. The van der Waals surface area contributed by atoms with Gasteiger partial charge >= 0.3 is 0 Å². The largest absolute Gasteiger partial charge is 0.305 e. The second-order valence-electron chi connectivity index (χ2n) is 6.60. The first-order valence-corrected chi connectivity index (χ1v) is 9.33. The summed E-state index contributed by atoms with van der Waals surface area (Å²) < 4.78 is 0. The molecule has 0 spiro atoms. The first-order valence-electron chi connectivity index (χ1n) is 8.39. The van der Waals surface area contributed by atoms with Gasteiger partial charge in [-0.15, -0.1) is 0 Å². The molecule has 1 saturated carbocycles. The van der Waals surface area contributed by atoms with Crippen LogP contribution in [0, 0.1) is 56.7 Å². The normalized spacial score (nSPS) is 28.2. The Hall–Kier alpha value is -2.46. The number of nitriles is 3. The molecule has 0 aromatic carbocycles. The fraction of sp³-hybridized carbons (Fsp3) is 0.474. The number of fused-ring (bicyclic) bond motifs is 1.